The zero-order valence-electron chi connectivity index (χ0n) is 14.2. The second-order valence-corrected chi connectivity index (χ2v) is 6.89. The quantitative estimate of drug-likeness (QED) is 0.737. The molecule has 0 spiro atoms. The zero-order valence-corrected chi connectivity index (χ0v) is 15.0. The van der Waals surface area contributed by atoms with Gasteiger partial charge in [0.05, 0.1) is 0 Å². The molecule has 3 aromatic heterocycles. The number of aromatic nitrogens is 5. The summed E-state index contributed by atoms with van der Waals surface area (Å²) in [4.78, 5) is 38.2. The van der Waals surface area contributed by atoms with Gasteiger partial charge in [-0.1, -0.05) is 0 Å². The third-order valence-electron chi connectivity index (χ3n) is 3.80. The van der Waals surface area contributed by atoms with Gasteiger partial charge in [0.25, 0.3) is 5.56 Å². The van der Waals surface area contributed by atoms with Crippen LogP contribution < -0.4 is 11.2 Å². The van der Waals surface area contributed by atoms with Gasteiger partial charge in [-0.3, -0.25) is 14.3 Å². The van der Waals surface area contributed by atoms with E-state index < -0.39 is 11.2 Å². The number of aryl methyl sites for hydroxylation is 2. The Hall–Kier alpha value is -2.26. The predicted octanol–water partition coefficient (Wildman–Crippen LogP) is 0.807. The molecule has 0 atom stereocenters. The van der Waals surface area contributed by atoms with Crippen molar-refractivity contribution in [3.63, 3.8) is 0 Å². The standard InChI is InChI=1S/C15H20N6O2S/c1-9-8-24-13(16-9)12-17-10-11(18-15(23)20(4)14(10)22)21(12)7-5-6-19(2)3/h8H,5-7H2,1-4H3,(H,18,23). The molecule has 1 N–H and O–H groups in total. The number of hydrogen-bond donors (Lipinski definition) is 1. The lowest BCUT2D eigenvalue weighted by molar-refractivity contribution is 0.388. The van der Waals surface area contributed by atoms with Crippen molar-refractivity contribution in [1.82, 2.24) is 29.0 Å². The van der Waals surface area contributed by atoms with Crippen LogP contribution in [-0.2, 0) is 13.6 Å². The van der Waals surface area contributed by atoms with Crippen molar-refractivity contribution < 1.29 is 0 Å². The Balaban J connectivity index is 2.19. The monoisotopic (exact) mass is 348 g/mol. The predicted molar refractivity (Wildman–Crippen MR) is 94.6 cm³/mol. The number of H-pyrrole nitrogens is 1. The maximum atomic E-state index is 12.4. The van der Waals surface area contributed by atoms with Gasteiger partial charge < -0.3 is 9.47 Å². The first-order valence-corrected chi connectivity index (χ1v) is 8.53. The van der Waals surface area contributed by atoms with Crippen molar-refractivity contribution in [1.29, 1.82) is 0 Å². The zero-order chi connectivity index (χ0) is 17.4. The fraction of sp³-hybridized carbons (Fsp3) is 0.467. The summed E-state index contributed by atoms with van der Waals surface area (Å²) in [6.45, 7) is 3.46. The second kappa shape index (κ2) is 6.33. The Morgan fingerprint density at radius 2 is 2.04 bits per heavy atom. The van der Waals surface area contributed by atoms with Crippen LogP contribution in [0, 0.1) is 6.92 Å². The van der Waals surface area contributed by atoms with Gasteiger partial charge in [0.2, 0.25) is 0 Å². The van der Waals surface area contributed by atoms with Crippen LogP contribution in [0.15, 0.2) is 15.0 Å². The minimum Gasteiger partial charge on any atom is -0.309 e. The van der Waals surface area contributed by atoms with Crippen LogP contribution in [0.2, 0.25) is 0 Å². The Bertz CT molecular complexity index is 994. The number of nitrogens with one attached hydrogen (secondary N) is 1. The van der Waals surface area contributed by atoms with Gasteiger partial charge in [0, 0.05) is 24.7 Å². The lowest BCUT2D eigenvalue weighted by atomic mass is 10.4. The molecule has 0 saturated heterocycles. The smallest absolute Gasteiger partial charge is 0.309 e. The van der Waals surface area contributed by atoms with Crippen LogP contribution in [0.25, 0.3) is 22.0 Å². The lowest BCUT2D eigenvalue weighted by Crippen LogP contribution is -2.32. The molecular weight excluding hydrogens is 328 g/mol. The Labute approximate surface area is 142 Å². The Kier molecular flexibility index (Phi) is 4.37. The molecule has 0 aromatic carbocycles. The van der Waals surface area contributed by atoms with Crippen LogP contribution >= 0.6 is 11.3 Å². The van der Waals surface area contributed by atoms with Gasteiger partial charge in [0.1, 0.15) is 5.65 Å². The first-order chi connectivity index (χ1) is 11.4. The molecule has 0 unspecified atom stereocenters. The minimum absolute atomic E-state index is 0.268. The summed E-state index contributed by atoms with van der Waals surface area (Å²) >= 11 is 1.48. The van der Waals surface area contributed by atoms with Gasteiger partial charge in [-0.2, -0.15) is 0 Å². The maximum Gasteiger partial charge on any atom is 0.329 e. The highest BCUT2D eigenvalue weighted by molar-refractivity contribution is 7.13. The van der Waals surface area contributed by atoms with Gasteiger partial charge >= 0.3 is 5.69 Å². The highest BCUT2D eigenvalue weighted by Gasteiger charge is 2.19. The summed E-state index contributed by atoms with van der Waals surface area (Å²) in [6, 6.07) is 0. The Morgan fingerprint density at radius 1 is 1.29 bits per heavy atom. The van der Waals surface area contributed by atoms with Crippen LogP contribution in [-0.4, -0.2) is 49.6 Å². The van der Waals surface area contributed by atoms with Gasteiger partial charge in [-0.15, -0.1) is 11.3 Å². The van der Waals surface area contributed by atoms with Gasteiger partial charge in [-0.05, 0) is 34.0 Å². The molecular formula is C15H20N6O2S. The largest absolute Gasteiger partial charge is 0.329 e. The SMILES string of the molecule is Cc1csc(-c2nc3c(=O)n(C)c(=O)[nH]c3n2CCCN(C)C)n1. The molecule has 0 amide bonds. The molecule has 3 heterocycles. The molecule has 24 heavy (non-hydrogen) atoms. The molecule has 0 bridgehead atoms. The lowest BCUT2D eigenvalue weighted by Gasteiger charge is -2.11. The molecule has 0 aliphatic heterocycles. The molecule has 0 aliphatic rings. The average Bonchev–Trinajstić information content (AvgIpc) is 3.09. The van der Waals surface area contributed by atoms with E-state index >= 15 is 0 Å². The first kappa shape index (κ1) is 16.6. The highest BCUT2D eigenvalue weighted by atomic mass is 32.1. The summed E-state index contributed by atoms with van der Waals surface area (Å²) in [7, 11) is 5.46. The van der Waals surface area contributed by atoms with Gasteiger partial charge in [0.15, 0.2) is 16.3 Å². The van der Waals surface area contributed by atoms with Crippen molar-refractivity contribution in [2.75, 3.05) is 20.6 Å². The number of imidazole rings is 1. The highest BCUT2D eigenvalue weighted by Crippen LogP contribution is 2.25. The Morgan fingerprint density at radius 3 is 2.67 bits per heavy atom. The summed E-state index contributed by atoms with van der Waals surface area (Å²) < 4.78 is 2.93. The fourth-order valence-electron chi connectivity index (χ4n) is 2.55. The third-order valence-corrected chi connectivity index (χ3v) is 4.76. The van der Waals surface area contributed by atoms with Crippen LogP contribution in [0.1, 0.15) is 12.1 Å². The maximum absolute atomic E-state index is 12.4. The molecule has 0 saturated carbocycles. The van der Waals surface area contributed by atoms with Crippen molar-refractivity contribution in [3.8, 4) is 10.8 Å². The summed E-state index contributed by atoms with van der Waals surface area (Å²) in [5.41, 5.74) is 0.801. The van der Waals surface area contributed by atoms with E-state index in [0.29, 0.717) is 18.0 Å². The molecule has 3 aromatic rings. The average molecular weight is 348 g/mol. The molecule has 0 fully saturated rings. The van der Waals surface area contributed by atoms with E-state index in [4.69, 9.17) is 0 Å². The molecule has 8 nitrogen and oxygen atoms in total. The van der Waals surface area contributed by atoms with E-state index in [1.807, 2.05) is 31.0 Å². The summed E-state index contributed by atoms with van der Waals surface area (Å²) in [5, 5.41) is 2.69. The number of fused-ring (bicyclic) bond motifs is 1. The number of hydrogen-bond acceptors (Lipinski definition) is 6. The summed E-state index contributed by atoms with van der Waals surface area (Å²) in [5.74, 6) is 0.626. The second-order valence-electron chi connectivity index (χ2n) is 6.03. The normalized spacial score (nSPS) is 11.7. The molecule has 3 rings (SSSR count). The van der Waals surface area contributed by atoms with E-state index in [9.17, 15) is 9.59 Å². The molecule has 9 heteroatoms. The minimum atomic E-state index is -0.442. The molecule has 128 valence electrons. The van der Waals surface area contributed by atoms with E-state index in [-0.39, 0.29) is 5.52 Å². The van der Waals surface area contributed by atoms with E-state index in [1.165, 1.54) is 18.4 Å². The van der Waals surface area contributed by atoms with Crippen molar-refractivity contribution in [3.05, 3.63) is 31.9 Å². The van der Waals surface area contributed by atoms with Crippen LogP contribution in [0.4, 0.5) is 0 Å². The molecule has 0 aliphatic carbocycles. The van der Waals surface area contributed by atoms with Crippen molar-refractivity contribution >= 4 is 22.5 Å². The third kappa shape index (κ3) is 2.92. The summed E-state index contributed by atoms with van der Waals surface area (Å²) in [6.07, 6.45) is 0.868. The first-order valence-electron chi connectivity index (χ1n) is 7.65. The van der Waals surface area contributed by atoms with E-state index in [2.05, 4.69) is 19.9 Å². The van der Waals surface area contributed by atoms with Crippen molar-refractivity contribution in [2.45, 2.75) is 19.9 Å². The fourth-order valence-corrected chi connectivity index (χ4v) is 3.34. The van der Waals surface area contributed by atoms with Gasteiger partial charge in [-0.25, -0.2) is 14.8 Å². The van der Waals surface area contributed by atoms with Crippen LogP contribution in [0.5, 0.6) is 0 Å². The van der Waals surface area contributed by atoms with E-state index in [0.717, 1.165) is 28.2 Å². The number of thiazole rings is 1. The number of rotatable bonds is 5. The number of aromatic amines is 1. The topological polar surface area (TPSA) is 88.8 Å². The van der Waals surface area contributed by atoms with Crippen LogP contribution in [0.3, 0.4) is 0 Å². The number of nitrogens with zero attached hydrogens (tertiary/aromatic N) is 5. The van der Waals surface area contributed by atoms with E-state index in [1.54, 1.807) is 0 Å². The molecule has 0 radical (unpaired) electrons. The van der Waals surface area contributed by atoms with Crippen molar-refractivity contribution in [2.24, 2.45) is 7.05 Å².